The van der Waals surface area contributed by atoms with E-state index in [9.17, 15) is 14.4 Å². The second-order valence-corrected chi connectivity index (χ2v) is 6.24. The lowest BCUT2D eigenvalue weighted by Crippen LogP contribution is -2.48. The maximum absolute atomic E-state index is 12.6. The van der Waals surface area contributed by atoms with Crippen LogP contribution in [0.1, 0.15) is 36.9 Å². The fourth-order valence-electron chi connectivity index (χ4n) is 2.67. The number of benzene rings is 2. The Bertz CT molecular complexity index is 780. The van der Waals surface area contributed by atoms with Crippen LogP contribution < -0.4 is 10.6 Å². The molecule has 2 aromatic carbocycles. The van der Waals surface area contributed by atoms with Gasteiger partial charge in [0.25, 0.3) is 0 Å². The van der Waals surface area contributed by atoms with E-state index in [2.05, 4.69) is 10.6 Å². The van der Waals surface area contributed by atoms with Crippen LogP contribution in [-0.2, 0) is 20.9 Å². The molecule has 0 spiro atoms. The van der Waals surface area contributed by atoms with E-state index in [0.717, 1.165) is 11.1 Å². The van der Waals surface area contributed by atoms with Crippen molar-refractivity contribution < 1.29 is 24.2 Å². The number of alkyl carbamates (subject to hydrolysis) is 1. The molecule has 0 aromatic heterocycles. The van der Waals surface area contributed by atoms with Crippen LogP contribution in [0.3, 0.4) is 0 Å². The van der Waals surface area contributed by atoms with Gasteiger partial charge in [0.2, 0.25) is 5.91 Å². The number of carbonyl (C=O) groups excluding carboxylic acids is 2. The summed E-state index contributed by atoms with van der Waals surface area (Å²) in [6.07, 6.45) is -0.774. The molecule has 0 unspecified atom stereocenters. The third-order valence-electron chi connectivity index (χ3n) is 4.13. The number of carboxylic acid groups (broad SMARTS) is 1. The molecule has 0 heterocycles. The number of amides is 2. The SMILES string of the molecule is CC[C@H](NC(=O)[C@H](CC(=O)O)NC(=O)OCc1ccccc1)c1ccccc1. The van der Waals surface area contributed by atoms with Crippen molar-refractivity contribution in [2.45, 2.75) is 38.5 Å². The van der Waals surface area contributed by atoms with Gasteiger partial charge < -0.3 is 20.5 Å². The standard InChI is InChI=1S/C21H24N2O5/c1-2-17(16-11-7-4-8-12-16)22-20(26)18(13-19(24)25)23-21(27)28-14-15-9-5-3-6-10-15/h3-12,17-18H,2,13-14H2,1H3,(H,22,26)(H,23,27)(H,24,25)/t17-,18-/m0/s1. The van der Waals surface area contributed by atoms with Crippen LogP contribution in [0.25, 0.3) is 0 Å². The number of aliphatic carboxylic acids is 1. The van der Waals surface area contributed by atoms with Crippen LogP contribution in [0.4, 0.5) is 4.79 Å². The summed E-state index contributed by atoms with van der Waals surface area (Å²) in [5.74, 6) is -1.77. The van der Waals surface area contributed by atoms with Crippen molar-refractivity contribution in [3.63, 3.8) is 0 Å². The smallest absolute Gasteiger partial charge is 0.408 e. The van der Waals surface area contributed by atoms with E-state index >= 15 is 0 Å². The molecule has 0 saturated heterocycles. The lowest BCUT2D eigenvalue weighted by molar-refractivity contribution is -0.140. The van der Waals surface area contributed by atoms with Gasteiger partial charge in [-0.15, -0.1) is 0 Å². The summed E-state index contributed by atoms with van der Waals surface area (Å²) >= 11 is 0. The first kappa shape index (κ1) is 21.0. The van der Waals surface area contributed by atoms with Gasteiger partial charge in [-0.2, -0.15) is 0 Å². The van der Waals surface area contributed by atoms with E-state index in [4.69, 9.17) is 9.84 Å². The van der Waals surface area contributed by atoms with Gasteiger partial charge in [0.1, 0.15) is 12.6 Å². The van der Waals surface area contributed by atoms with Gasteiger partial charge >= 0.3 is 12.1 Å². The number of carboxylic acids is 1. The summed E-state index contributed by atoms with van der Waals surface area (Å²) in [7, 11) is 0. The Hall–Kier alpha value is -3.35. The largest absolute Gasteiger partial charge is 0.481 e. The average molecular weight is 384 g/mol. The van der Waals surface area contributed by atoms with Gasteiger partial charge in [-0.3, -0.25) is 9.59 Å². The number of hydrogen-bond donors (Lipinski definition) is 3. The lowest BCUT2D eigenvalue weighted by Gasteiger charge is -2.22. The molecule has 7 nitrogen and oxygen atoms in total. The monoisotopic (exact) mass is 384 g/mol. The normalized spacial score (nSPS) is 12.5. The summed E-state index contributed by atoms with van der Waals surface area (Å²) in [6.45, 7) is 1.93. The minimum absolute atomic E-state index is 0.0235. The Morgan fingerprint density at radius 1 is 0.964 bits per heavy atom. The minimum Gasteiger partial charge on any atom is -0.481 e. The van der Waals surface area contributed by atoms with Gasteiger partial charge in [-0.05, 0) is 17.5 Å². The molecular formula is C21H24N2O5. The molecule has 2 amide bonds. The van der Waals surface area contributed by atoms with E-state index in [1.807, 2.05) is 55.5 Å². The van der Waals surface area contributed by atoms with E-state index < -0.39 is 30.4 Å². The highest BCUT2D eigenvalue weighted by atomic mass is 16.5. The fraction of sp³-hybridized carbons (Fsp3) is 0.286. The molecule has 2 atom stereocenters. The number of carbonyl (C=O) groups is 3. The molecule has 28 heavy (non-hydrogen) atoms. The molecule has 3 N–H and O–H groups in total. The Morgan fingerprint density at radius 2 is 1.57 bits per heavy atom. The summed E-state index contributed by atoms with van der Waals surface area (Å²) in [5.41, 5.74) is 1.69. The zero-order chi connectivity index (χ0) is 20.4. The first-order valence-electron chi connectivity index (χ1n) is 9.04. The van der Waals surface area contributed by atoms with Gasteiger partial charge in [0.15, 0.2) is 0 Å². The first-order chi connectivity index (χ1) is 13.5. The van der Waals surface area contributed by atoms with Gasteiger partial charge in [0.05, 0.1) is 12.5 Å². The van der Waals surface area contributed by atoms with E-state index in [-0.39, 0.29) is 12.6 Å². The van der Waals surface area contributed by atoms with Crippen molar-refractivity contribution in [1.82, 2.24) is 10.6 Å². The van der Waals surface area contributed by atoms with Crippen molar-refractivity contribution in [3.8, 4) is 0 Å². The van der Waals surface area contributed by atoms with Crippen molar-refractivity contribution >= 4 is 18.0 Å². The Balaban J connectivity index is 1.97. The van der Waals surface area contributed by atoms with Crippen LogP contribution in [0.5, 0.6) is 0 Å². The van der Waals surface area contributed by atoms with Crippen LogP contribution in [0.2, 0.25) is 0 Å². The predicted molar refractivity (Wildman–Crippen MR) is 103 cm³/mol. The topological polar surface area (TPSA) is 105 Å². The van der Waals surface area contributed by atoms with E-state index in [1.54, 1.807) is 12.1 Å². The number of nitrogens with one attached hydrogen (secondary N) is 2. The van der Waals surface area contributed by atoms with Crippen LogP contribution in [0, 0.1) is 0 Å². The van der Waals surface area contributed by atoms with Crippen LogP contribution in [0.15, 0.2) is 60.7 Å². The molecule has 148 valence electrons. The van der Waals surface area contributed by atoms with Crippen LogP contribution >= 0.6 is 0 Å². The van der Waals surface area contributed by atoms with E-state index in [0.29, 0.717) is 6.42 Å². The number of hydrogen-bond acceptors (Lipinski definition) is 4. The molecule has 0 aliphatic carbocycles. The second-order valence-electron chi connectivity index (χ2n) is 6.24. The van der Waals surface area contributed by atoms with E-state index in [1.165, 1.54) is 0 Å². The second kappa shape index (κ2) is 10.7. The van der Waals surface area contributed by atoms with Gasteiger partial charge in [0, 0.05) is 0 Å². The highest BCUT2D eigenvalue weighted by Crippen LogP contribution is 2.16. The van der Waals surface area contributed by atoms with Gasteiger partial charge in [-0.25, -0.2) is 4.79 Å². The molecule has 2 rings (SSSR count). The Labute approximate surface area is 163 Å². The highest BCUT2D eigenvalue weighted by Gasteiger charge is 2.26. The third-order valence-corrected chi connectivity index (χ3v) is 4.13. The summed E-state index contributed by atoms with van der Waals surface area (Å²) in [5, 5.41) is 14.2. The predicted octanol–water partition coefficient (Wildman–Crippen LogP) is 3.02. The minimum atomic E-state index is -1.24. The van der Waals surface area contributed by atoms with Crippen molar-refractivity contribution in [2.75, 3.05) is 0 Å². The average Bonchev–Trinajstić information content (AvgIpc) is 2.71. The van der Waals surface area contributed by atoms with Crippen molar-refractivity contribution in [3.05, 3.63) is 71.8 Å². The molecule has 7 heteroatoms. The molecule has 0 aliphatic heterocycles. The van der Waals surface area contributed by atoms with Crippen molar-refractivity contribution in [1.29, 1.82) is 0 Å². The third kappa shape index (κ3) is 6.75. The first-order valence-corrected chi connectivity index (χ1v) is 9.04. The molecule has 0 aliphatic rings. The maximum Gasteiger partial charge on any atom is 0.408 e. The number of rotatable bonds is 9. The summed E-state index contributed by atoms with van der Waals surface area (Å²) < 4.78 is 5.08. The zero-order valence-electron chi connectivity index (χ0n) is 15.6. The molecular weight excluding hydrogens is 360 g/mol. The fourth-order valence-corrected chi connectivity index (χ4v) is 2.67. The van der Waals surface area contributed by atoms with Crippen LogP contribution in [-0.4, -0.2) is 29.1 Å². The van der Waals surface area contributed by atoms with Gasteiger partial charge in [-0.1, -0.05) is 67.6 Å². The summed E-state index contributed by atoms with van der Waals surface area (Å²) in [6, 6.07) is 16.9. The highest BCUT2D eigenvalue weighted by molar-refractivity contribution is 5.89. The van der Waals surface area contributed by atoms with Crippen molar-refractivity contribution in [2.24, 2.45) is 0 Å². The lowest BCUT2D eigenvalue weighted by atomic mass is 10.0. The maximum atomic E-state index is 12.6. The molecule has 0 fully saturated rings. The molecule has 0 saturated carbocycles. The quantitative estimate of drug-likeness (QED) is 0.616. The molecule has 2 aromatic rings. The Morgan fingerprint density at radius 3 is 2.14 bits per heavy atom. The number of ether oxygens (including phenoxy) is 1. The molecule has 0 radical (unpaired) electrons. The summed E-state index contributed by atoms with van der Waals surface area (Å²) in [4.78, 5) is 35.7. The zero-order valence-corrected chi connectivity index (χ0v) is 15.6. The molecule has 0 bridgehead atoms. The Kier molecular flexibility index (Phi) is 8.02.